The van der Waals surface area contributed by atoms with Gasteiger partial charge in [-0.15, -0.1) is 0 Å². The molecule has 0 saturated heterocycles. The summed E-state index contributed by atoms with van der Waals surface area (Å²) in [5.74, 6) is 1.42. The number of ether oxygens (including phenoxy) is 3. The summed E-state index contributed by atoms with van der Waals surface area (Å²) in [6, 6.07) is 6.21. The highest BCUT2D eigenvalue weighted by Crippen LogP contribution is 2.30. The summed E-state index contributed by atoms with van der Waals surface area (Å²) < 4.78 is 15.6. The Bertz CT molecular complexity index is 341. The van der Waals surface area contributed by atoms with Gasteiger partial charge in [-0.05, 0) is 31.2 Å². The second-order valence-corrected chi connectivity index (χ2v) is 3.74. The van der Waals surface area contributed by atoms with E-state index in [0.717, 1.165) is 12.3 Å². The first-order valence-electron chi connectivity index (χ1n) is 5.76. The molecule has 0 aliphatic heterocycles. The Kier molecular flexibility index (Phi) is 5.80. The molecule has 96 valence electrons. The summed E-state index contributed by atoms with van der Waals surface area (Å²) in [5, 5.41) is 3.35. The molecular formula is C13H21NO3. The van der Waals surface area contributed by atoms with Crippen molar-refractivity contribution in [3.63, 3.8) is 0 Å². The monoisotopic (exact) mass is 239 g/mol. The van der Waals surface area contributed by atoms with E-state index >= 15 is 0 Å². The minimum Gasteiger partial charge on any atom is -0.493 e. The molecule has 0 heterocycles. The Morgan fingerprint density at radius 2 is 2.00 bits per heavy atom. The fraction of sp³-hybridized carbons (Fsp3) is 0.538. The highest BCUT2D eigenvalue weighted by molar-refractivity contribution is 5.43. The molecule has 0 aromatic heterocycles. The summed E-state index contributed by atoms with van der Waals surface area (Å²) in [6.07, 6.45) is 0. The van der Waals surface area contributed by atoms with Crippen LogP contribution in [-0.4, -0.2) is 27.6 Å². The van der Waals surface area contributed by atoms with E-state index in [9.17, 15) is 0 Å². The van der Waals surface area contributed by atoms with Gasteiger partial charge >= 0.3 is 0 Å². The molecule has 1 atom stereocenters. The molecule has 4 heteroatoms. The van der Waals surface area contributed by atoms with Crippen LogP contribution in [0.5, 0.6) is 11.5 Å². The van der Waals surface area contributed by atoms with Gasteiger partial charge in [0, 0.05) is 13.2 Å². The van der Waals surface area contributed by atoms with Gasteiger partial charge in [0.05, 0.1) is 7.11 Å². The maximum Gasteiger partial charge on any atom is 0.188 e. The third-order valence-corrected chi connectivity index (χ3v) is 2.53. The van der Waals surface area contributed by atoms with Crippen LogP contribution in [0.3, 0.4) is 0 Å². The molecular weight excluding hydrogens is 218 g/mol. The molecule has 17 heavy (non-hydrogen) atoms. The van der Waals surface area contributed by atoms with E-state index in [1.54, 1.807) is 14.2 Å². The lowest BCUT2D eigenvalue weighted by Crippen LogP contribution is -2.17. The third-order valence-electron chi connectivity index (χ3n) is 2.53. The lowest BCUT2D eigenvalue weighted by Gasteiger charge is -2.16. The van der Waals surface area contributed by atoms with Gasteiger partial charge in [0.15, 0.2) is 18.3 Å². The van der Waals surface area contributed by atoms with Gasteiger partial charge in [0.2, 0.25) is 0 Å². The molecule has 1 unspecified atom stereocenters. The van der Waals surface area contributed by atoms with Crippen molar-refractivity contribution in [1.29, 1.82) is 0 Å². The second kappa shape index (κ2) is 7.14. The van der Waals surface area contributed by atoms with Crippen molar-refractivity contribution in [3.8, 4) is 11.5 Å². The largest absolute Gasteiger partial charge is 0.493 e. The van der Waals surface area contributed by atoms with E-state index in [0.29, 0.717) is 11.8 Å². The average Bonchev–Trinajstić information content (AvgIpc) is 2.36. The quantitative estimate of drug-likeness (QED) is 0.741. The van der Waals surface area contributed by atoms with Crippen LogP contribution in [0.1, 0.15) is 25.5 Å². The molecule has 0 aliphatic carbocycles. The molecule has 1 N–H and O–H groups in total. The Balaban J connectivity index is 2.83. The Labute approximate surface area is 103 Å². The van der Waals surface area contributed by atoms with Crippen LogP contribution in [0, 0.1) is 0 Å². The maximum absolute atomic E-state index is 5.40. The first kappa shape index (κ1) is 13.8. The molecule has 0 aliphatic rings. The molecule has 0 spiro atoms. The number of methoxy groups -OCH3 is 2. The van der Waals surface area contributed by atoms with Gasteiger partial charge in [-0.3, -0.25) is 0 Å². The summed E-state index contributed by atoms with van der Waals surface area (Å²) >= 11 is 0. The molecule has 0 radical (unpaired) electrons. The SMILES string of the molecule is CCNC(C)c1ccc(OCOC)c(OC)c1. The smallest absolute Gasteiger partial charge is 0.188 e. The van der Waals surface area contributed by atoms with Gasteiger partial charge in [0.1, 0.15) is 0 Å². The van der Waals surface area contributed by atoms with Crippen molar-refractivity contribution in [1.82, 2.24) is 5.32 Å². The van der Waals surface area contributed by atoms with Crippen LogP contribution in [0.2, 0.25) is 0 Å². The lowest BCUT2D eigenvalue weighted by molar-refractivity contribution is 0.0491. The van der Waals surface area contributed by atoms with Crippen LogP contribution < -0.4 is 14.8 Å². The standard InChI is InChI=1S/C13H21NO3/c1-5-14-10(2)11-6-7-12(17-9-15-3)13(8-11)16-4/h6-8,10,14H,5,9H2,1-4H3. The predicted molar refractivity (Wildman–Crippen MR) is 67.6 cm³/mol. The molecule has 1 aromatic rings. The summed E-state index contributed by atoms with van der Waals surface area (Å²) in [5.41, 5.74) is 1.17. The number of rotatable bonds is 7. The van der Waals surface area contributed by atoms with E-state index in [2.05, 4.69) is 19.2 Å². The molecule has 0 fully saturated rings. The number of benzene rings is 1. The zero-order chi connectivity index (χ0) is 12.7. The number of hydrogen-bond acceptors (Lipinski definition) is 4. The average molecular weight is 239 g/mol. The van der Waals surface area contributed by atoms with E-state index in [4.69, 9.17) is 14.2 Å². The minimum atomic E-state index is 0.221. The summed E-state index contributed by atoms with van der Waals surface area (Å²) in [6.45, 7) is 5.36. The van der Waals surface area contributed by atoms with Crippen LogP contribution in [0.15, 0.2) is 18.2 Å². The van der Waals surface area contributed by atoms with Crippen LogP contribution in [-0.2, 0) is 4.74 Å². The van der Waals surface area contributed by atoms with Crippen LogP contribution in [0.25, 0.3) is 0 Å². The van der Waals surface area contributed by atoms with Crippen LogP contribution >= 0.6 is 0 Å². The van der Waals surface area contributed by atoms with Gasteiger partial charge < -0.3 is 19.5 Å². The van der Waals surface area contributed by atoms with Gasteiger partial charge in [0.25, 0.3) is 0 Å². The predicted octanol–water partition coefficient (Wildman–Crippen LogP) is 2.35. The van der Waals surface area contributed by atoms with E-state index in [1.165, 1.54) is 5.56 Å². The third kappa shape index (κ3) is 3.91. The van der Waals surface area contributed by atoms with Gasteiger partial charge in [-0.25, -0.2) is 0 Å². The summed E-state index contributed by atoms with van der Waals surface area (Å²) in [7, 11) is 3.23. The number of nitrogens with one attached hydrogen (secondary N) is 1. The first-order valence-corrected chi connectivity index (χ1v) is 5.76. The highest BCUT2D eigenvalue weighted by atomic mass is 16.7. The topological polar surface area (TPSA) is 39.7 Å². The van der Waals surface area contributed by atoms with Crippen LogP contribution in [0.4, 0.5) is 0 Å². The lowest BCUT2D eigenvalue weighted by atomic mass is 10.1. The molecule has 0 saturated carbocycles. The highest BCUT2D eigenvalue weighted by Gasteiger charge is 2.09. The van der Waals surface area contributed by atoms with E-state index in [1.807, 2.05) is 18.2 Å². The summed E-state index contributed by atoms with van der Waals surface area (Å²) in [4.78, 5) is 0. The Morgan fingerprint density at radius 1 is 1.24 bits per heavy atom. The van der Waals surface area contributed by atoms with Gasteiger partial charge in [-0.1, -0.05) is 13.0 Å². The molecule has 4 nitrogen and oxygen atoms in total. The molecule has 1 rings (SSSR count). The first-order chi connectivity index (χ1) is 8.22. The molecule has 0 bridgehead atoms. The van der Waals surface area contributed by atoms with E-state index in [-0.39, 0.29) is 6.79 Å². The fourth-order valence-electron chi connectivity index (χ4n) is 1.62. The second-order valence-electron chi connectivity index (χ2n) is 3.74. The normalized spacial score (nSPS) is 12.2. The Hall–Kier alpha value is -1.26. The maximum atomic E-state index is 5.40. The van der Waals surface area contributed by atoms with Crippen molar-refractivity contribution < 1.29 is 14.2 Å². The van der Waals surface area contributed by atoms with Crippen molar-refractivity contribution in [2.24, 2.45) is 0 Å². The Morgan fingerprint density at radius 3 is 2.59 bits per heavy atom. The molecule has 1 aromatic carbocycles. The van der Waals surface area contributed by atoms with E-state index < -0.39 is 0 Å². The zero-order valence-corrected chi connectivity index (χ0v) is 10.9. The van der Waals surface area contributed by atoms with Crippen molar-refractivity contribution >= 4 is 0 Å². The van der Waals surface area contributed by atoms with Crippen molar-refractivity contribution in [2.75, 3.05) is 27.6 Å². The van der Waals surface area contributed by atoms with Crippen molar-refractivity contribution in [3.05, 3.63) is 23.8 Å². The zero-order valence-electron chi connectivity index (χ0n) is 10.9. The van der Waals surface area contributed by atoms with Gasteiger partial charge in [-0.2, -0.15) is 0 Å². The minimum absolute atomic E-state index is 0.221. The fourth-order valence-corrected chi connectivity index (χ4v) is 1.62. The van der Waals surface area contributed by atoms with Crippen molar-refractivity contribution in [2.45, 2.75) is 19.9 Å². The molecule has 0 amide bonds. The number of hydrogen-bond donors (Lipinski definition) is 1.